The van der Waals surface area contributed by atoms with Crippen LogP contribution < -0.4 is 11.5 Å². The Kier molecular flexibility index (Phi) is 2.75. The largest absolute Gasteiger partial charge is 0.386 e. The molecule has 0 spiro atoms. The van der Waals surface area contributed by atoms with Crippen LogP contribution in [0.4, 0.5) is 0 Å². The second-order valence-corrected chi connectivity index (χ2v) is 2.90. The number of nitrogens with two attached hydrogens (primary N) is 2. The van der Waals surface area contributed by atoms with Crippen molar-refractivity contribution in [1.29, 1.82) is 0 Å². The topological polar surface area (TPSA) is 52.0 Å². The van der Waals surface area contributed by atoms with E-state index < -0.39 is 0 Å². The Labute approximate surface area is 72.9 Å². The third-order valence-electron chi connectivity index (χ3n) is 1.80. The molecule has 2 heteroatoms. The number of benzene rings is 1. The fourth-order valence-electron chi connectivity index (χ4n) is 1.00. The van der Waals surface area contributed by atoms with Crippen LogP contribution >= 0.6 is 0 Å². The minimum absolute atomic E-state index is 0.429. The van der Waals surface area contributed by atoms with Crippen LogP contribution in [0.1, 0.15) is 12.5 Å². The quantitative estimate of drug-likeness (QED) is 0.690. The molecule has 64 valence electrons. The van der Waals surface area contributed by atoms with E-state index in [4.69, 9.17) is 11.5 Å². The summed E-state index contributed by atoms with van der Waals surface area (Å²) in [5, 5.41) is 0. The zero-order valence-electron chi connectivity index (χ0n) is 7.25. The molecule has 0 aromatic heterocycles. The Bertz CT molecular complexity index is 271. The van der Waals surface area contributed by atoms with E-state index in [2.05, 4.69) is 12.1 Å². The smallest absolute Gasteiger partial charge is 0.0925 e. The molecule has 0 bridgehead atoms. The lowest BCUT2D eigenvalue weighted by atomic mass is 10.1. The summed E-state index contributed by atoms with van der Waals surface area (Å²) < 4.78 is 0. The third kappa shape index (κ3) is 2.31. The van der Waals surface area contributed by atoms with Gasteiger partial charge in [-0.2, -0.15) is 0 Å². The Morgan fingerprint density at radius 3 is 2.25 bits per heavy atom. The standard InChI is InChI=1S/C10H14N2/c1-8(10(11)12)7-9-5-3-2-4-6-9/h2-6H,7,11-12H2,1H3. The average Bonchev–Trinajstić information content (AvgIpc) is 2.06. The monoisotopic (exact) mass is 162 g/mol. The first-order valence-corrected chi connectivity index (χ1v) is 3.95. The second kappa shape index (κ2) is 3.81. The summed E-state index contributed by atoms with van der Waals surface area (Å²) in [5.41, 5.74) is 13.2. The lowest BCUT2D eigenvalue weighted by molar-refractivity contribution is 1.05. The van der Waals surface area contributed by atoms with Gasteiger partial charge in [0.2, 0.25) is 0 Å². The van der Waals surface area contributed by atoms with Gasteiger partial charge in [-0.25, -0.2) is 0 Å². The first-order valence-electron chi connectivity index (χ1n) is 3.95. The maximum atomic E-state index is 5.44. The highest BCUT2D eigenvalue weighted by Gasteiger charge is 1.95. The molecule has 1 aromatic carbocycles. The molecular weight excluding hydrogens is 148 g/mol. The van der Waals surface area contributed by atoms with E-state index in [0.717, 1.165) is 12.0 Å². The minimum atomic E-state index is 0.429. The fraction of sp³-hybridized carbons (Fsp3) is 0.200. The van der Waals surface area contributed by atoms with Crippen molar-refractivity contribution in [3.63, 3.8) is 0 Å². The number of allylic oxidation sites excluding steroid dienone is 1. The van der Waals surface area contributed by atoms with Crippen molar-refractivity contribution in [2.45, 2.75) is 13.3 Å². The maximum Gasteiger partial charge on any atom is 0.0925 e. The van der Waals surface area contributed by atoms with Gasteiger partial charge < -0.3 is 11.5 Å². The molecule has 0 saturated heterocycles. The molecule has 4 N–H and O–H groups in total. The Morgan fingerprint density at radius 1 is 1.17 bits per heavy atom. The Balaban J connectivity index is 2.72. The molecule has 2 nitrogen and oxygen atoms in total. The van der Waals surface area contributed by atoms with Crippen molar-refractivity contribution in [1.82, 2.24) is 0 Å². The predicted molar refractivity (Wildman–Crippen MR) is 51.2 cm³/mol. The highest BCUT2D eigenvalue weighted by Crippen LogP contribution is 2.06. The van der Waals surface area contributed by atoms with Gasteiger partial charge in [0.25, 0.3) is 0 Å². The average molecular weight is 162 g/mol. The molecule has 0 unspecified atom stereocenters. The van der Waals surface area contributed by atoms with Gasteiger partial charge >= 0.3 is 0 Å². The summed E-state index contributed by atoms with van der Waals surface area (Å²) in [5.74, 6) is 0.429. The van der Waals surface area contributed by atoms with Gasteiger partial charge in [0.05, 0.1) is 5.82 Å². The zero-order valence-corrected chi connectivity index (χ0v) is 7.25. The maximum absolute atomic E-state index is 5.44. The van der Waals surface area contributed by atoms with Gasteiger partial charge in [0.15, 0.2) is 0 Å². The van der Waals surface area contributed by atoms with Crippen LogP contribution in [0, 0.1) is 0 Å². The molecule has 0 atom stereocenters. The first-order chi connectivity index (χ1) is 5.70. The molecular formula is C10H14N2. The van der Waals surface area contributed by atoms with Crippen molar-refractivity contribution in [3.8, 4) is 0 Å². The van der Waals surface area contributed by atoms with E-state index in [1.165, 1.54) is 5.56 Å². The lowest BCUT2D eigenvalue weighted by Crippen LogP contribution is -2.11. The van der Waals surface area contributed by atoms with E-state index in [-0.39, 0.29) is 0 Å². The number of hydrogen-bond donors (Lipinski definition) is 2. The molecule has 1 aromatic rings. The molecule has 0 radical (unpaired) electrons. The number of rotatable bonds is 2. The summed E-state index contributed by atoms with van der Waals surface area (Å²) in [6.45, 7) is 1.95. The van der Waals surface area contributed by atoms with Crippen LogP contribution in [0.25, 0.3) is 0 Å². The Morgan fingerprint density at radius 2 is 1.75 bits per heavy atom. The third-order valence-corrected chi connectivity index (χ3v) is 1.80. The van der Waals surface area contributed by atoms with Gasteiger partial charge in [-0.15, -0.1) is 0 Å². The Hall–Kier alpha value is -1.44. The van der Waals surface area contributed by atoms with E-state index >= 15 is 0 Å². The summed E-state index contributed by atoms with van der Waals surface area (Å²) in [4.78, 5) is 0. The van der Waals surface area contributed by atoms with Crippen molar-refractivity contribution < 1.29 is 0 Å². The normalized spacial score (nSPS) is 9.42. The second-order valence-electron chi connectivity index (χ2n) is 2.90. The zero-order chi connectivity index (χ0) is 8.97. The highest BCUT2D eigenvalue weighted by molar-refractivity contribution is 5.22. The van der Waals surface area contributed by atoms with Gasteiger partial charge in [-0.1, -0.05) is 30.3 Å². The van der Waals surface area contributed by atoms with Gasteiger partial charge in [-0.05, 0) is 24.5 Å². The van der Waals surface area contributed by atoms with Gasteiger partial charge in [0, 0.05) is 0 Å². The van der Waals surface area contributed by atoms with Crippen LogP contribution in [-0.4, -0.2) is 0 Å². The predicted octanol–water partition coefficient (Wildman–Crippen LogP) is 1.38. The van der Waals surface area contributed by atoms with Gasteiger partial charge in [-0.3, -0.25) is 0 Å². The molecule has 0 aliphatic rings. The summed E-state index contributed by atoms with van der Waals surface area (Å²) >= 11 is 0. The van der Waals surface area contributed by atoms with Crippen LogP contribution in [0.3, 0.4) is 0 Å². The van der Waals surface area contributed by atoms with E-state index in [1.54, 1.807) is 0 Å². The first kappa shape index (κ1) is 8.65. The molecule has 0 heterocycles. The van der Waals surface area contributed by atoms with Crippen LogP contribution in [0.15, 0.2) is 41.7 Å². The summed E-state index contributed by atoms with van der Waals surface area (Å²) in [7, 11) is 0. The summed E-state index contributed by atoms with van der Waals surface area (Å²) in [6.07, 6.45) is 0.836. The minimum Gasteiger partial charge on any atom is -0.386 e. The number of hydrogen-bond acceptors (Lipinski definition) is 2. The van der Waals surface area contributed by atoms with Crippen molar-refractivity contribution in [2.75, 3.05) is 0 Å². The molecule has 0 fully saturated rings. The van der Waals surface area contributed by atoms with Crippen molar-refractivity contribution in [2.24, 2.45) is 11.5 Å². The fourth-order valence-corrected chi connectivity index (χ4v) is 1.00. The highest BCUT2D eigenvalue weighted by atomic mass is 14.8. The van der Waals surface area contributed by atoms with E-state index in [1.807, 2.05) is 25.1 Å². The van der Waals surface area contributed by atoms with Gasteiger partial charge in [0.1, 0.15) is 0 Å². The van der Waals surface area contributed by atoms with Crippen LogP contribution in [0.5, 0.6) is 0 Å². The molecule has 1 rings (SSSR count). The lowest BCUT2D eigenvalue weighted by Gasteiger charge is -2.02. The molecule has 12 heavy (non-hydrogen) atoms. The molecule has 0 aliphatic heterocycles. The SMILES string of the molecule is CC(Cc1ccccc1)=C(N)N. The molecule has 0 amide bonds. The van der Waals surface area contributed by atoms with Crippen LogP contribution in [-0.2, 0) is 6.42 Å². The summed E-state index contributed by atoms with van der Waals surface area (Å²) in [6, 6.07) is 10.1. The van der Waals surface area contributed by atoms with E-state index in [9.17, 15) is 0 Å². The van der Waals surface area contributed by atoms with Crippen LogP contribution in [0.2, 0.25) is 0 Å². The van der Waals surface area contributed by atoms with Crippen molar-refractivity contribution >= 4 is 0 Å². The molecule has 0 aliphatic carbocycles. The molecule has 0 saturated carbocycles. The van der Waals surface area contributed by atoms with E-state index in [0.29, 0.717) is 5.82 Å². The van der Waals surface area contributed by atoms with Crippen molar-refractivity contribution in [3.05, 3.63) is 47.3 Å².